The lowest BCUT2D eigenvalue weighted by atomic mass is 10.0. The van der Waals surface area contributed by atoms with E-state index in [1.807, 2.05) is 6.07 Å². The van der Waals surface area contributed by atoms with E-state index in [1.165, 1.54) is 12.7 Å². The molecule has 0 bridgehead atoms. The highest BCUT2D eigenvalue weighted by Crippen LogP contribution is 2.42. The predicted molar refractivity (Wildman–Crippen MR) is 76.3 cm³/mol. The van der Waals surface area contributed by atoms with Crippen LogP contribution in [-0.2, 0) is 4.74 Å². The van der Waals surface area contributed by atoms with E-state index in [2.05, 4.69) is 40.6 Å². The van der Waals surface area contributed by atoms with Gasteiger partial charge in [-0.1, -0.05) is 13.0 Å². The summed E-state index contributed by atoms with van der Waals surface area (Å²) in [6.45, 7) is 2.83. The zero-order valence-electron chi connectivity index (χ0n) is 10.0. The Morgan fingerprint density at radius 3 is 3.06 bits per heavy atom. The van der Waals surface area contributed by atoms with Crippen LogP contribution in [0.4, 0.5) is 0 Å². The fourth-order valence-electron chi connectivity index (χ4n) is 2.32. The van der Waals surface area contributed by atoms with Crippen LogP contribution < -0.4 is 4.74 Å². The summed E-state index contributed by atoms with van der Waals surface area (Å²) in [4.78, 5) is 14.8. The summed E-state index contributed by atoms with van der Waals surface area (Å²) in [5.74, 6) is 0.947. The maximum Gasteiger partial charge on any atom is 0.355 e. The van der Waals surface area contributed by atoms with Gasteiger partial charge in [-0.2, -0.15) is 0 Å². The molecule has 4 nitrogen and oxygen atoms in total. The quantitative estimate of drug-likeness (QED) is 0.631. The summed E-state index contributed by atoms with van der Waals surface area (Å²) < 4.78 is 11.4. The molecule has 1 aromatic heterocycles. The van der Waals surface area contributed by atoms with E-state index in [-0.39, 0.29) is 5.97 Å². The van der Waals surface area contributed by atoms with Gasteiger partial charge in [0, 0.05) is 11.5 Å². The van der Waals surface area contributed by atoms with Gasteiger partial charge in [0.1, 0.15) is 11.4 Å². The van der Waals surface area contributed by atoms with Crippen LogP contribution in [0.3, 0.4) is 0 Å². The molecule has 0 amide bonds. The number of fused-ring (bicyclic) bond motifs is 3. The van der Waals surface area contributed by atoms with Gasteiger partial charge in [0.05, 0.1) is 28.2 Å². The molecule has 3 rings (SSSR count). The number of methoxy groups -OCH3 is 1. The number of H-pyrrole nitrogens is 1. The van der Waals surface area contributed by atoms with E-state index in [0.717, 1.165) is 20.2 Å². The zero-order valence-corrected chi connectivity index (χ0v) is 12.2. The molecule has 1 atom stereocenters. The summed E-state index contributed by atoms with van der Waals surface area (Å²) in [5.41, 5.74) is 2.60. The first-order valence-electron chi connectivity index (χ1n) is 5.68. The van der Waals surface area contributed by atoms with Crippen LogP contribution in [0.15, 0.2) is 12.1 Å². The maximum atomic E-state index is 11.7. The third-order valence-corrected chi connectivity index (χ3v) is 4.36. The van der Waals surface area contributed by atoms with Crippen LogP contribution in [0.2, 0.25) is 0 Å². The summed E-state index contributed by atoms with van der Waals surface area (Å²) >= 11 is 2.16. The Kier molecular flexibility index (Phi) is 2.73. The third-order valence-electron chi connectivity index (χ3n) is 3.28. The number of aromatic amines is 1. The molecule has 18 heavy (non-hydrogen) atoms. The van der Waals surface area contributed by atoms with Gasteiger partial charge in [-0.15, -0.1) is 0 Å². The number of hydrogen-bond acceptors (Lipinski definition) is 3. The standard InChI is InChI=1S/C13H12INO3/c1-6-5-18-12-7(6)3-4-8-9(12)10(14)11(15-8)13(16)17-2/h3-4,6,15H,5H2,1-2H3/t6-/m1/s1. The molecule has 0 saturated heterocycles. The van der Waals surface area contributed by atoms with Crippen molar-refractivity contribution in [3.8, 4) is 5.75 Å². The van der Waals surface area contributed by atoms with E-state index in [1.54, 1.807) is 0 Å². The highest BCUT2D eigenvalue weighted by Gasteiger charge is 2.26. The number of esters is 1. The van der Waals surface area contributed by atoms with Gasteiger partial charge in [0.2, 0.25) is 0 Å². The first-order chi connectivity index (χ1) is 8.63. The summed E-state index contributed by atoms with van der Waals surface area (Å²) in [6.07, 6.45) is 0. The van der Waals surface area contributed by atoms with Crippen LogP contribution >= 0.6 is 22.6 Å². The van der Waals surface area contributed by atoms with Crippen molar-refractivity contribution in [3.05, 3.63) is 27.0 Å². The number of halogens is 1. The molecule has 1 aliphatic rings. The number of hydrogen-bond donors (Lipinski definition) is 1. The molecule has 1 N–H and O–H groups in total. The van der Waals surface area contributed by atoms with Crippen LogP contribution in [0, 0.1) is 3.57 Å². The summed E-state index contributed by atoms with van der Waals surface area (Å²) in [6, 6.07) is 4.05. The molecule has 1 aromatic carbocycles. The van der Waals surface area contributed by atoms with Gasteiger partial charge in [-0.05, 0) is 28.7 Å². The lowest BCUT2D eigenvalue weighted by molar-refractivity contribution is 0.0594. The Labute approximate surface area is 118 Å². The Morgan fingerprint density at radius 2 is 2.33 bits per heavy atom. The fourth-order valence-corrected chi connectivity index (χ4v) is 3.21. The van der Waals surface area contributed by atoms with Crippen molar-refractivity contribution >= 4 is 39.5 Å². The fraction of sp³-hybridized carbons (Fsp3) is 0.308. The monoisotopic (exact) mass is 357 g/mol. The molecule has 0 aliphatic carbocycles. The largest absolute Gasteiger partial charge is 0.492 e. The van der Waals surface area contributed by atoms with Crippen LogP contribution in [-0.4, -0.2) is 24.7 Å². The predicted octanol–water partition coefficient (Wildman–Crippen LogP) is 3.06. The molecule has 94 valence electrons. The second-order valence-corrected chi connectivity index (χ2v) is 5.50. The minimum atomic E-state index is -0.351. The zero-order chi connectivity index (χ0) is 12.9. The Bertz CT molecular complexity index is 647. The van der Waals surface area contributed by atoms with Gasteiger partial charge >= 0.3 is 5.97 Å². The SMILES string of the molecule is COC(=O)c1[nH]c2ccc3c(c2c1I)OC[C@H]3C. The normalized spacial score (nSPS) is 17.6. The van der Waals surface area contributed by atoms with Crippen molar-refractivity contribution < 1.29 is 14.3 Å². The van der Waals surface area contributed by atoms with Crippen molar-refractivity contribution in [2.45, 2.75) is 12.8 Å². The number of nitrogens with one attached hydrogen (secondary N) is 1. The molecule has 5 heteroatoms. The lowest BCUT2D eigenvalue weighted by Crippen LogP contribution is -2.03. The smallest absolute Gasteiger partial charge is 0.355 e. The summed E-state index contributed by atoms with van der Waals surface area (Å²) in [5, 5.41) is 0.984. The molecule has 0 fully saturated rings. The maximum absolute atomic E-state index is 11.7. The highest BCUT2D eigenvalue weighted by atomic mass is 127. The molecule has 2 heterocycles. The van der Waals surface area contributed by atoms with Crippen LogP contribution in [0.5, 0.6) is 5.75 Å². The molecule has 0 unspecified atom stereocenters. The molecule has 0 spiro atoms. The van der Waals surface area contributed by atoms with E-state index in [4.69, 9.17) is 9.47 Å². The van der Waals surface area contributed by atoms with Crippen LogP contribution in [0.25, 0.3) is 10.9 Å². The van der Waals surface area contributed by atoms with E-state index in [9.17, 15) is 4.79 Å². The number of ether oxygens (including phenoxy) is 2. The first kappa shape index (κ1) is 11.8. The molecular formula is C13H12INO3. The van der Waals surface area contributed by atoms with Gasteiger partial charge in [0.25, 0.3) is 0 Å². The topological polar surface area (TPSA) is 51.3 Å². The number of aromatic nitrogens is 1. The van der Waals surface area contributed by atoms with Crippen molar-refractivity contribution in [2.24, 2.45) is 0 Å². The molecule has 1 aliphatic heterocycles. The Hall–Kier alpha value is -1.24. The minimum absolute atomic E-state index is 0.351. The van der Waals surface area contributed by atoms with E-state index < -0.39 is 0 Å². The minimum Gasteiger partial charge on any atom is -0.492 e. The number of carbonyl (C=O) groups is 1. The third kappa shape index (κ3) is 1.53. The van der Waals surface area contributed by atoms with E-state index in [0.29, 0.717) is 18.2 Å². The Balaban J connectivity index is 2.30. The molecule has 0 saturated carbocycles. The van der Waals surface area contributed by atoms with Crippen LogP contribution in [0.1, 0.15) is 28.9 Å². The first-order valence-corrected chi connectivity index (χ1v) is 6.76. The number of benzene rings is 1. The van der Waals surface area contributed by atoms with Crippen molar-refractivity contribution in [3.63, 3.8) is 0 Å². The van der Waals surface area contributed by atoms with Gasteiger partial charge < -0.3 is 14.5 Å². The van der Waals surface area contributed by atoms with Crippen molar-refractivity contribution in [2.75, 3.05) is 13.7 Å². The average Bonchev–Trinajstić information content (AvgIpc) is 2.90. The van der Waals surface area contributed by atoms with E-state index >= 15 is 0 Å². The van der Waals surface area contributed by atoms with Gasteiger partial charge in [0.15, 0.2) is 0 Å². The Morgan fingerprint density at radius 1 is 1.56 bits per heavy atom. The lowest BCUT2D eigenvalue weighted by Gasteiger charge is -2.02. The molecule has 0 radical (unpaired) electrons. The number of carbonyl (C=O) groups excluding carboxylic acids is 1. The molecule has 2 aromatic rings. The molecular weight excluding hydrogens is 345 g/mol. The second kappa shape index (κ2) is 4.15. The van der Waals surface area contributed by atoms with Gasteiger partial charge in [-0.25, -0.2) is 4.79 Å². The highest BCUT2D eigenvalue weighted by molar-refractivity contribution is 14.1. The number of rotatable bonds is 1. The summed E-state index contributed by atoms with van der Waals surface area (Å²) in [7, 11) is 1.38. The average molecular weight is 357 g/mol. The van der Waals surface area contributed by atoms with Crippen molar-refractivity contribution in [1.82, 2.24) is 4.98 Å². The second-order valence-electron chi connectivity index (χ2n) is 4.42. The van der Waals surface area contributed by atoms with Gasteiger partial charge in [-0.3, -0.25) is 0 Å². The van der Waals surface area contributed by atoms with Crippen molar-refractivity contribution in [1.29, 1.82) is 0 Å².